The first-order chi connectivity index (χ1) is 13.8. The number of rotatable bonds is 5. The Labute approximate surface area is 172 Å². The van der Waals surface area contributed by atoms with E-state index < -0.39 is 12.7 Å². The summed E-state index contributed by atoms with van der Waals surface area (Å²) in [6.45, 7) is 1.09. The Hall–Kier alpha value is -2.72. The highest BCUT2D eigenvalue weighted by Crippen LogP contribution is 2.29. The van der Waals surface area contributed by atoms with E-state index in [4.69, 9.17) is 4.74 Å². The molecule has 0 radical (unpaired) electrons. The first-order valence-electron chi connectivity index (χ1n) is 8.93. The van der Waals surface area contributed by atoms with Crippen molar-refractivity contribution in [2.75, 3.05) is 25.2 Å². The standard InChI is InChI=1S/C22H21F3N2OS/c1-15-6-4-8-20-18(15)12-16(27(20)14-22(23,24)25)7-5-11-26-19-10-9-17(29-3)13-21(19)28-2/h4,6,8-10,12-13,26H,11,14H2,1-3H3. The lowest BCUT2D eigenvalue weighted by molar-refractivity contribution is -0.140. The molecule has 1 heterocycles. The van der Waals surface area contributed by atoms with Crippen LogP contribution in [0, 0.1) is 18.8 Å². The Balaban J connectivity index is 1.85. The molecule has 0 atom stereocenters. The van der Waals surface area contributed by atoms with E-state index in [9.17, 15) is 13.2 Å². The maximum Gasteiger partial charge on any atom is 0.406 e. The van der Waals surface area contributed by atoms with Crippen molar-refractivity contribution in [2.24, 2.45) is 0 Å². The highest BCUT2D eigenvalue weighted by molar-refractivity contribution is 7.98. The van der Waals surface area contributed by atoms with E-state index in [0.29, 0.717) is 17.0 Å². The van der Waals surface area contributed by atoms with Crippen LogP contribution in [0.2, 0.25) is 0 Å². The van der Waals surface area contributed by atoms with Gasteiger partial charge in [0.2, 0.25) is 0 Å². The normalized spacial score (nSPS) is 11.2. The highest BCUT2D eigenvalue weighted by Gasteiger charge is 2.29. The van der Waals surface area contributed by atoms with E-state index in [2.05, 4.69) is 17.2 Å². The predicted octanol–water partition coefficient (Wildman–Crippen LogP) is 5.71. The molecule has 0 saturated heterocycles. The number of alkyl halides is 3. The van der Waals surface area contributed by atoms with Gasteiger partial charge in [-0.05, 0) is 55.0 Å². The van der Waals surface area contributed by atoms with Gasteiger partial charge in [0.15, 0.2) is 0 Å². The van der Waals surface area contributed by atoms with Gasteiger partial charge in [0.25, 0.3) is 0 Å². The van der Waals surface area contributed by atoms with E-state index >= 15 is 0 Å². The second-order valence-corrected chi connectivity index (χ2v) is 7.34. The van der Waals surface area contributed by atoms with Crippen molar-refractivity contribution in [1.29, 1.82) is 0 Å². The van der Waals surface area contributed by atoms with Gasteiger partial charge in [-0.3, -0.25) is 0 Å². The zero-order valence-corrected chi connectivity index (χ0v) is 17.2. The molecule has 152 valence electrons. The molecule has 3 nitrogen and oxygen atoms in total. The Morgan fingerprint density at radius 3 is 2.66 bits per heavy atom. The van der Waals surface area contributed by atoms with Gasteiger partial charge in [-0.1, -0.05) is 18.1 Å². The van der Waals surface area contributed by atoms with E-state index in [1.54, 1.807) is 37.1 Å². The second kappa shape index (κ2) is 8.75. The number of thioether (sulfide) groups is 1. The molecule has 1 aromatic heterocycles. The largest absolute Gasteiger partial charge is 0.495 e. The number of halogens is 3. The summed E-state index contributed by atoms with van der Waals surface area (Å²) in [5, 5.41) is 3.94. The first-order valence-corrected chi connectivity index (χ1v) is 10.1. The average Bonchev–Trinajstić information content (AvgIpc) is 3.02. The van der Waals surface area contributed by atoms with Crippen molar-refractivity contribution in [3.05, 3.63) is 53.7 Å². The first kappa shape index (κ1) is 21.0. The number of aryl methyl sites for hydroxylation is 1. The fourth-order valence-corrected chi connectivity index (χ4v) is 3.53. The minimum absolute atomic E-state index is 0.279. The Bertz CT molecular complexity index is 1080. The third-order valence-corrected chi connectivity index (χ3v) is 5.22. The summed E-state index contributed by atoms with van der Waals surface area (Å²) in [5.41, 5.74) is 2.58. The molecule has 1 N–H and O–H groups in total. The van der Waals surface area contributed by atoms with E-state index in [1.807, 2.05) is 37.4 Å². The third kappa shape index (κ3) is 5.01. The highest BCUT2D eigenvalue weighted by atomic mass is 32.2. The summed E-state index contributed by atoms with van der Waals surface area (Å²) in [6, 6.07) is 12.8. The smallest absolute Gasteiger partial charge is 0.406 e. The number of hydrogen-bond acceptors (Lipinski definition) is 3. The van der Waals surface area contributed by atoms with Crippen LogP contribution in [0.5, 0.6) is 5.75 Å². The summed E-state index contributed by atoms with van der Waals surface area (Å²) in [4.78, 5) is 1.07. The van der Waals surface area contributed by atoms with Gasteiger partial charge in [0.1, 0.15) is 12.3 Å². The van der Waals surface area contributed by atoms with Crippen LogP contribution in [0.3, 0.4) is 0 Å². The van der Waals surface area contributed by atoms with E-state index in [-0.39, 0.29) is 6.54 Å². The van der Waals surface area contributed by atoms with Gasteiger partial charge >= 0.3 is 6.18 Å². The van der Waals surface area contributed by atoms with Gasteiger partial charge in [0.05, 0.1) is 25.0 Å². The van der Waals surface area contributed by atoms with Crippen molar-refractivity contribution in [2.45, 2.75) is 24.5 Å². The minimum Gasteiger partial charge on any atom is -0.495 e. The monoisotopic (exact) mass is 418 g/mol. The van der Waals surface area contributed by atoms with Gasteiger partial charge in [-0.25, -0.2) is 0 Å². The molecule has 0 bridgehead atoms. The molecule has 0 amide bonds. The van der Waals surface area contributed by atoms with Crippen molar-refractivity contribution >= 4 is 28.4 Å². The topological polar surface area (TPSA) is 26.2 Å². The summed E-state index contributed by atoms with van der Waals surface area (Å²) >= 11 is 1.61. The van der Waals surface area contributed by atoms with E-state index in [0.717, 1.165) is 21.5 Å². The van der Waals surface area contributed by atoms with Crippen LogP contribution in [0.4, 0.5) is 18.9 Å². The molecule has 2 aromatic carbocycles. The predicted molar refractivity (Wildman–Crippen MR) is 113 cm³/mol. The number of methoxy groups -OCH3 is 1. The molecule has 29 heavy (non-hydrogen) atoms. The molecule has 0 aliphatic heterocycles. The van der Waals surface area contributed by atoms with Crippen LogP contribution in [0.25, 0.3) is 10.9 Å². The molecule has 0 spiro atoms. The quantitative estimate of drug-likeness (QED) is 0.425. The number of benzene rings is 2. The number of nitrogens with one attached hydrogen (secondary N) is 1. The molecule has 7 heteroatoms. The number of hydrogen-bond donors (Lipinski definition) is 1. The lowest BCUT2D eigenvalue weighted by atomic mass is 10.1. The molecule has 0 saturated carbocycles. The summed E-state index contributed by atoms with van der Waals surface area (Å²) < 4.78 is 45.9. The summed E-state index contributed by atoms with van der Waals surface area (Å²) in [5.74, 6) is 6.51. The fourth-order valence-electron chi connectivity index (χ4n) is 3.10. The average molecular weight is 418 g/mol. The van der Waals surface area contributed by atoms with Gasteiger partial charge in [0, 0.05) is 15.8 Å². The van der Waals surface area contributed by atoms with Crippen LogP contribution in [0.1, 0.15) is 11.3 Å². The number of ether oxygens (including phenoxy) is 1. The Kier molecular flexibility index (Phi) is 6.33. The fraction of sp³-hybridized carbons (Fsp3) is 0.273. The molecular formula is C22H21F3N2OS. The number of nitrogens with zero attached hydrogens (tertiary/aromatic N) is 1. The molecule has 0 unspecified atom stereocenters. The molecular weight excluding hydrogens is 397 g/mol. The minimum atomic E-state index is -4.32. The lowest BCUT2D eigenvalue weighted by Gasteiger charge is -2.11. The maximum absolute atomic E-state index is 13.1. The zero-order valence-electron chi connectivity index (χ0n) is 16.4. The van der Waals surface area contributed by atoms with Crippen LogP contribution in [-0.2, 0) is 6.54 Å². The third-order valence-electron chi connectivity index (χ3n) is 4.49. The maximum atomic E-state index is 13.1. The van der Waals surface area contributed by atoms with E-state index in [1.165, 1.54) is 4.57 Å². The van der Waals surface area contributed by atoms with Crippen molar-refractivity contribution in [3.8, 4) is 17.6 Å². The van der Waals surface area contributed by atoms with Gasteiger partial charge < -0.3 is 14.6 Å². The van der Waals surface area contributed by atoms with Crippen molar-refractivity contribution in [1.82, 2.24) is 4.57 Å². The van der Waals surface area contributed by atoms with Crippen LogP contribution in [0.15, 0.2) is 47.4 Å². The summed E-state index contributed by atoms with van der Waals surface area (Å²) in [7, 11) is 1.59. The lowest BCUT2D eigenvalue weighted by Crippen LogP contribution is -2.18. The van der Waals surface area contributed by atoms with Crippen LogP contribution in [-0.4, -0.2) is 30.7 Å². The van der Waals surface area contributed by atoms with Gasteiger partial charge in [-0.2, -0.15) is 13.2 Å². The number of aromatic nitrogens is 1. The van der Waals surface area contributed by atoms with Crippen LogP contribution < -0.4 is 10.1 Å². The molecule has 0 aliphatic rings. The molecule has 0 fully saturated rings. The number of fused-ring (bicyclic) bond motifs is 1. The Morgan fingerprint density at radius 1 is 1.17 bits per heavy atom. The zero-order chi connectivity index (χ0) is 21.0. The molecule has 3 aromatic rings. The SMILES string of the molecule is COc1cc(SC)ccc1NCC#Cc1cc2c(C)cccc2n1CC(F)(F)F. The number of anilines is 1. The Morgan fingerprint density at radius 2 is 1.97 bits per heavy atom. The molecule has 0 aliphatic carbocycles. The van der Waals surface area contributed by atoms with Crippen molar-refractivity contribution < 1.29 is 17.9 Å². The second-order valence-electron chi connectivity index (χ2n) is 6.46. The molecule has 3 rings (SSSR count). The van der Waals surface area contributed by atoms with Crippen molar-refractivity contribution in [3.63, 3.8) is 0 Å². The van der Waals surface area contributed by atoms with Crippen LogP contribution >= 0.6 is 11.8 Å². The van der Waals surface area contributed by atoms with Gasteiger partial charge in [-0.15, -0.1) is 11.8 Å². The summed E-state index contributed by atoms with van der Waals surface area (Å²) in [6.07, 6.45) is -2.34.